The number of carbonyl (C=O) groups excluding carboxylic acids is 1. The summed E-state index contributed by atoms with van der Waals surface area (Å²) in [5.74, 6) is -1.63. The minimum atomic E-state index is -1.20. The zero-order valence-electron chi connectivity index (χ0n) is 12.1. The molecule has 0 saturated carbocycles. The molecule has 21 heavy (non-hydrogen) atoms. The van der Waals surface area contributed by atoms with Gasteiger partial charge in [0.2, 0.25) is 0 Å². The van der Waals surface area contributed by atoms with Crippen molar-refractivity contribution in [3.8, 4) is 0 Å². The largest absolute Gasteiger partial charge is 0.478 e. The number of hydrogen-bond donors (Lipinski definition) is 2. The smallest absolute Gasteiger partial charge is 0.346 e. The number of ether oxygens (including phenoxy) is 1. The molecule has 1 rings (SSSR count). The highest BCUT2D eigenvalue weighted by atomic mass is 32.2. The molecule has 0 aliphatic rings. The summed E-state index contributed by atoms with van der Waals surface area (Å²) < 4.78 is 4.97. The van der Waals surface area contributed by atoms with E-state index in [1.165, 1.54) is 6.92 Å². The van der Waals surface area contributed by atoms with Crippen LogP contribution >= 0.6 is 11.8 Å². The Hall–Kier alpha value is -1.83. The first-order valence-corrected chi connectivity index (χ1v) is 7.46. The number of aromatic amines is 1. The molecule has 0 amide bonds. The van der Waals surface area contributed by atoms with E-state index in [9.17, 15) is 19.5 Å². The molecule has 0 aliphatic carbocycles. The van der Waals surface area contributed by atoms with E-state index in [0.717, 1.165) is 18.2 Å². The third kappa shape index (κ3) is 4.59. The van der Waals surface area contributed by atoms with E-state index in [2.05, 4.69) is 9.97 Å². The van der Waals surface area contributed by atoms with Crippen LogP contribution in [-0.4, -0.2) is 38.9 Å². The Balaban J connectivity index is 3.16. The van der Waals surface area contributed by atoms with Crippen LogP contribution in [0.2, 0.25) is 0 Å². The molecule has 1 aromatic heterocycles. The minimum absolute atomic E-state index is 0.0373. The molecule has 1 unspecified atom stereocenters. The Morgan fingerprint density at radius 3 is 2.62 bits per heavy atom. The summed E-state index contributed by atoms with van der Waals surface area (Å²) in [5, 5.41) is 8.69. The predicted octanol–water partition coefficient (Wildman–Crippen LogP) is 1.60. The maximum absolute atomic E-state index is 11.9. The van der Waals surface area contributed by atoms with E-state index < -0.39 is 22.9 Å². The number of nitrogens with one attached hydrogen (secondary N) is 1. The van der Waals surface area contributed by atoms with Crippen molar-refractivity contribution in [2.75, 3.05) is 6.61 Å². The van der Waals surface area contributed by atoms with Crippen molar-refractivity contribution in [3.05, 3.63) is 21.7 Å². The average Bonchev–Trinajstić information content (AvgIpc) is 2.37. The van der Waals surface area contributed by atoms with Crippen LogP contribution in [0.5, 0.6) is 0 Å². The average molecular weight is 314 g/mol. The second-order valence-electron chi connectivity index (χ2n) is 4.30. The lowest BCUT2D eigenvalue weighted by atomic mass is 10.2. The summed E-state index contributed by atoms with van der Waals surface area (Å²) in [5.41, 5.74) is -0.520. The number of rotatable bonds is 7. The van der Waals surface area contributed by atoms with Crippen molar-refractivity contribution in [1.82, 2.24) is 9.97 Å². The van der Waals surface area contributed by atoms with Gasteiger partial charge in [-0.05, 0) is 20.3 Å². The molecule has 1 aromatic rings. The molecule has 0 bridgehead atoms. The molecule has 1 atom stereocenters. The molecule has 8 heteroatoms. The molecular weight excluding hydrogens is 296 g/mol. The van der Waals surface area contributed by atoms with Crippen LogP contribution in [0.25, 0.3) is 0 Å². The quantitative estimate of drug-likeness (QED) is 0.447. The molecule has 7 nitrogen and oxygen atoms in total. The van der Waals surface area contributed by atoms with E-state index in [1.54, 1.807) is 6.92 Å². The van der Waals surface area contributed by atoms with E-state index in [1.807, 2.05) is 6.92 Å². The fourth-order valence-corrected chi connectivity index (χ4v) is 3.03. The van der Waals surface area contributed by atoms with E-state index in [0.29, 0.717) is 6.42 Å². The molecule has 2 N–H and O–H groups in total. The number of aromatic carboxylic acids is 1. The SMILES string of the molecule is CCCC(Sc1nc(=O)[nH]c(C)c1C(=O)O)C(=O)OCC. The van der Waals surface area contributed by atoms with Gasteiger partial charge in [0.1, 0.15) is 15.8 Å². The molecule has 0 saturated heterocycles. The number of H-pyrrole nitrogens is 1. The Morgan fingerprint density at radius 1 is 1.43 bits per heavy atom. The molecule has 0 radical (unpaired) electrons. The number of aromatic nitrogens is 2. The number of thioether (sulfide) groups is 1. The standard InChI is InChI=1S/C13H18N2O5S/c1-4-6-8(12(18)20-5-2)21-10-9(11(16)17)7(3)14-13(19)15-10/h8H,4-6H2,1-3H3,(H,16,17)(H,14,15,19). The van der Waals surface area contributed by atoms with Crippen LogP contribution in [0.3, 0.4) is 0 Å². The second-order valence-corrected chi connectivity index (χ2v) is 5.49. The first-order valence-electron chi connectivity index (χ1n) is 6.58. The summed E-state index contributed by atoms with van der Waals surface area (Å²) in [6, 6.07) is 0. The number of carbonyl (C=O) groups is 2. The number of carboxylic acid groups (broad SMARTS) is 1. The van der Waals surface area contributed by atoms with E-state index in [4.69, 9.17) is 4.74 Å². The monoisotopic (exact) mass is 314 g/mol. The molecule has 0 aromatic carbocycles. The number of aryl methyl sites for hydroxylation is 1. The van der Waals surface area contributed by atoms with Crippen molar-refractivity contribution in [2.45, 2.75) is 43.9 Å². The van der Waals surface area contributed by atoms with Gasteiger partial charge in [0.15, 0.2) is 0 Å². The number of carboxylic acids is 1. The fourth-order valence-electron chi connectivity index (χ4n) is 1.75. The number of esters is 1. The molecule has 116 valence electrons. The molecule has 0 aliphatic heterocycles. The van der Waals surface area contributed by atoms with Gasteiger partial charge in [0.05, 0.1) is 6.61 Å². The van der Waals surface area contributed by atoms with Crippen LogP contribution in [-0.2, 0) is 9.53 Å². The van der Waals surface area contributed by atoms with E-state index >= 15 is 0 Å². The van der Waals surface area contributed by atoms with Crippen molar-refractivity contribution in [1.29, 1.82) is 0 Å². The fraction of sp³-hybridized carbons (Fsp3) is 0.538. The topological polar surface area (TPSA) is 109 Å². The maximum Gasteiger partial charge on any atom is 0.346 e. The number of hydrogen-bond acceptors (Lipinski definition) is 6. The summed E-state index contributed by atoms with van der Waals surface area (Å²) in [6.07, 6.45) is 1.23. The van der Waals surface area contributed by atoms with E-state index in [-0.39, 0.29) is 22.9 Å². The zero-order chi connectivity index (χ0) is 16.0. The summed E-state index contributed by atoms with van der Waals surface area (Å²) in [7, 11) is 0. The van der Waals surface area contributed by atoms with Gasteiger partial charge in [-0.25, -0.2) is 9.59 Å². The molecule has 1 heterocycles. The van der Waals surface area contributed by atoms with Gasteiger partial charge in [-0.15, -0.1) is 0 Å². The molecule has 0 spiro atoms. The predicted molar refractivity (Wildman–Crippen MR) is 77.7 cm³/mol. The molecule has 0 fully saturated rings. The van der Waals surface area contributed by atoms with Crippen LogP contribution in [0, 0.1) is 6.92 Å². The minimum Gasteiger partial charge on any atom is -0.478 e. The van der Waals surface area contributed by atoms with Crippen molar-refractivity contribution in [2.24, 2.45) is 0 Å². The third-order valence-corrected chi connectivity index (χ3v) is 3.89. The summed E-state index contributed by atoms with van der Waals surface area (Å²) in [4.78, 5) is 40.6. The summed E-state index contributed by atoms with van der Waals surface area (Å²) in [6.45, 7) is 5.33. The number of nitrogens with zero attached hydrogens (tertiary/aromatic N) is 1. The first-order chi connectivity index (χ1) is 9.90. The first kappa shape index (κ1) is 17.2. The lowest BCUT2D eigenvalue weighted by molar-refractivity contribution is -0.142. The van der Waals surface area contributed by atoms with Crippen LogP contribution < -0.4 is 5.69 Å². The highest BCUT2D eigenvalue weighted by molar-refractivity contribution is 8.00. The van der Waals surface area contributed by atoms with Gasteiger partial charge in [-0.3, -0.25) is 4.79 Å². The van der Waals surface area contributed by atoms with Crippen molar-refractivity contribution < 1.29 is 19.4 Å². The second kappa shape index (κ2) is 7.82. The van der Waals surface area contributed by atoms with Crippen molar-refractivity contribution >= 4 is 23.7 Å². The lowest BCUT2D eigenvalue weighted by Gasteiger charge is -2.15. The van der Waals surface area contributed by atoms with Crippen LogP contribution in [0.15, 0.2) is 9.82 Å². The Morgan fingerprint density at radius 2 is 2.10 bits per heavy atom. The normalized spacial score (nSPS) is 12.0. The maximum atomic E-state index is 11.9. The van der Waals surface area contributed by atoms with Gasteiger partial charge in [0, 0.05) is 5.69 Å². The lowest BCUT2D eigenvalue weighted by Crippen LogP contribution is -2.23. The Bertz CT molecular complexity index is 584. The third-order valence-electron chi connectivity index (χ3n) is 2.65. The van der Waals surface area contributed by atoms with Gasteiger partial charge < -0.3 is 14.8 Å². The van der Waals surface area contributed by atoms with Gasteiger partial charge in [-0.2, -0.15) is 4.98 Å². The Labute approximate surface area is 126 Å². The van der Waals surface area contributed by atoms with Crippen LogP contribution in [0.1, 0.15) is 42.7 Å². The van der Waals surface area contributed by atoms with Gasteiger partial charge in [-0.1, -0.05) is 25.1 Å². The zero-order valence-corrected chi connectivity index (χ0v) is 13.0. The van der Waals surface area contributed by atoms with Gasteiger partial charge in [0.25, 0.3) is 0 Å². The highest BCUT2D eigenvalue weighted by Crippen LogP contribution is 2.28. The van der Waals surface area contributed by atoms with Crippen molar-refractivity contribution in [3.63, 3.8) is 0 Å². The summed E-state index contributed by atoms with van der Waals surface area (Å²) >= 11 is 0.958. The van der Waals surface area contributed by atoms with Gasteiger partial charge >= 0.3 is 17.6 Å². The highest BCUT2D eigenvalue weighted by Gasteiger charge is 2.25. The Kier molecular flexibility index (Phi) is 6.41. The molecular formula is C13H18N2O5S. The van der Waals surface area contributed by atoms with Crippen LogP contribution in [0.4, 0.5) is 0 Å².